The zero-order chi connectivity index (χ0) is 29.6. The van der Waals surface area contributed by atoms with Gasteiger partial charge in [0.25, 0.3) is 0 Å². The molecule has 0 unspecified atom stereocenters. The second-order valence-corrected chi connectivity index (χ2v) is 15.8. The highest BCUT2D eigenvalue weighted by Gasteiger charge is 2.30. The second kappa shape index (κ2) is 15.0. The molecule has 0 atom stereocenters. The molecular formula is C32H39Br2N3O4S2. The summed E-state index contributed by atoms with van der Waals surface area (Å²) < 4.78 is 25.9. The summed E-state index contributed by atoms with van der Waals surface area (Å²) in [6, 6.07) is 4.25. The Balaban J connectivity index is 1.19. The molecule has 3 aromatic heterocycles. The summed E-state index contributed by atoms with van der Waals surface area (Å²) in [6.45, 7) is 5.23. The van der Waals surface area contributed by atoms with Crippen LogP contribution in [-0.2, 0) is 6.54 Å². The van der Waals surface area contributed by atoms with Crippen molar-refractivity contribution in [3.8, 4) is 43.9 Å². The van der Waals surface area contributed by atoms with Gasteiger partial charge in [-0.25, -0.2) is 0 Å². The topological polar surface area (TPSA) is 67.6 Å². The molecule has 7 nitrogen and oxygen atoms in total. The number of ether oxygens (including phenoxy) is 4. The van der Waals surface area contributed by atoms with Gasteiger partial charge in [0.1, 0.15) is 45.0 Å². The van der Waals surface area contributed by atoms with Crippen molar-refractivity contribution in [1.82, 2.24) is 15.0 Å². The first kappa shape index (κ1) is 31.2. The molecule has 0 saturated carbocycles. The van der Waals surface area contributed by atoms with Crippen molar-refractivity contribution < 1.29 is 18.9 Å². The Kier molecular flexibility index (Phi) is 10.9. The van der Waals surface area contributed by atoms with E-state index in [4.69, 9.17) is 29.1 Å². The fourth-order valence-electron chi connectivity index (χ4n) is 5.78. The number of unbranched alkanes of at least 4 members (excludes halogenated alkanes) is 11. The van der Waals surface area contributed by atoms with Crippen molar-refractivity contribution in [2.24, 2.45) is 0 Å². The van der Waals surface area contributed by atoms with E-state index in [1.165, 1.54) is 70.6 Å². The smallest absolute Gasteiger partial charge is 0.187 e. The van der Waals surface area contributed by atoms with Gasteiger partial charge in [-0.1, -0.05) is 89.7 Å². The summed E-state index contributed by atoms with van der Waals surface area (Å²) >= 11 is 10.6. The summed E-state index contributed by atoms with van der Waals surface area (Å²) in [6.07, 6.45) is 15.9. The highest BCUT2D eigenvalue weighted by Crippen LogP contribution is 2.55. The fourth-order valence-corrected chi connectivity index (χ4v) is 9.23. The van der Waals surface area contributed by atoms with Crippen molar-refractivity contribution in [3.63, 3.8) is 0 Å². The summed E-state index contributed by atoms with van der Waals surface area (Å²) in [5, 5.41) is 10.1. The fraction of sp³-hybridized carbons (Fsp3) is 0.562. The van der Waals surface area contributed by atoms with Crippen LogP contribution >= 0.6 is 54.5 Å². The predicted octanol–water partition coefficient (Wildman–Crippen LogP) is 10.7. The molecule has 0 saturated heterocycles. The van der Waals surface area contributed by atoms with E-state index in [2.05, 4.69) is 50.9 Å². The van der Waals surface area contributed by atoms with Crippen LogP contribution in [0, 0.1) is 0 Å². The van der Waals surface area contributed by atoms with Gasteiger partial charge in [0.05, 0.1) is 16.3 Å². The lowest BCUT2D eigenvalue weighted by Gasteiger charge is -2.17. The van der Waals surface area contributed by atoms with Crippen LogP contribution in [0.2, 0.25) is 0 Å². The van der Waals surface area contributed by atoms with Gasteiger partial charge in [-0.15, -0.1) is 22.7 Å². The molecule has 2 aliphatic heterocycles. The number of benzene rings is 1. The number of halogens is 2. The summed E-state index contributed by atoms with van der Waals surface area (Å²) in [7, 11) is 0. The number of aryl methyl sites for hydroxylation is 1. The number of thiophene rings is 2. The van der Waals surface area contributed by atoms with E-state index in [-0.39, 0.29) is 0 Å². The van der Waals surface area contributed by atoms with Gasteiger partial charge in [0, 0.05) is 11.1 Å². The number of hydrogen-bond acceptors (Lipinski definition) is 8. The molecule has 0 fully saturated rings. The minimum absolute atomic E-state index is 0.531. The van der Waals surface area contributed by atoms with E-state index < -0.39 is 0 Å². The van der Waals surface area contributed by atoms with Crippen LogP contribution in [0.25, 0.3) is 31.9 Å². The Bertz CT molecular complexity index is 1440. The van der Waals surface area contributed by atoms with Crippen LogP contribution in [0.5, 0.6) is 23.0 Å². The van der Waals surface area contributed by atoms with Crippen LogP contribution in [0.15, 0.2) is 19.7 Å². The van der Waals surface area contributed by atoms with Crippen LogP contribution in [-0.4, -0.2) is 41.4 Å². The van der Waals surface area contributed by atoms with E-state index in [0.29, 0.717) is 26.4 Å². The molecule has 232 valence electrons. The summed E-state index contributed by atoms with van der Waals surface area (Å²) in [5.41, 5.74) is 3.71. The minimum Gasteiger partial charge on any atom is -0.485 e. The van der Waals surface area contributed by atoms with E-state index in [9.17, 15) is 0 Å². The Labute approximate surface area is 278 Å². The maximum Gasteiger partial charge on any atom is 0.187 e. The zero-order valence-corrected chi connectivity index (χ0v) is 29.5. The molecule has 0 spiro atoms. The quantitative estimate of drug-likeness (QED) is 0.113. The Morgan fingerprint density at radius 2 is 1.00 bits per heavy atom. The maximum absolute atomic E-state index is 6.09. The number of rotatable bonds is 15. The summed E-state index contributed by atoms with van der Waals surface area (Å²) in [5.74, 6) is 3.10. The molecule has 0 bridgehead atoms. The van der Waals surface area contributed by atoms with Crippen molar-refractivity contribution in [1.29, 1.82) is 0 Å². The second-order valence-electron chi connectivity index (χ2n) is 11.2. The molecular weight excluding hydrogens is 714 g/mol. The van der Waals surface area contributed by atoms with Gasteiger partial charge in [-0.05, 0) is 38.3 Å². The predicted molar refractivity (Wildman–Crippen MR) is 183 cm³/mol. The lowest BCUT2D eigenvalue weighted by atomic mass is 10.0. The van der Waals surface area contributed by atoms with Gasteiger partial charge in [0.2, 0.25) is 0 Å². The third-order valence-corrected chi connectivity index (χ3v) is 11.6. The van der Waals surface area contributed by atoms with E-state index in [0.717, 1.165) is 75.5 Å². The van der Waals surface area contributed by atoms with Gasteiger partial charge < -0.3 is 18.9 Å². The molecule has 11 heteroatoms. The van der Waals surface area contributed by atoms with Crippen LogP contribution in [0.3, 0.4) is 0 Å². The third-order valence-electron chi connectivity index (χ3n) is 8.00. The van der Waals surface area contributed by atoms with Gasteiger partial charge in [0.15, 0.2) is 23.0 Å². The molecule has 43 heavy (non-hydrogen) atoms. The number of fused-ring (bicyclic) bond motifs is 3. The average Bonchev–Trinajstić information content (AvgIpc) is 3.71. The molecule has 0 aliphatic carbocycles. The minimum atomic E-state index is 0.531. The molecule has 0 radical (unpaired) electrons. The number of hydrogen-bond donors (Lipinski definition) is 0. The first-order valence-corrected chi connectivity index (χ1v) is 18.9. The molecule has 0 N–H and O–H groups in total. The highest BCUT2D eigenvalue weighted by atomic mass is 79.9. The Hall–Kier alpha value is -1.82. The zero-order valence-electron chi connectivity index (χ0n) is 24.7. The molecule has 0 amide bonds. The molecule has 1 aromatic carbocycles. The lowest BCUT2D eigenvalue weighted by molar-refractivity contribution is 0.173. The Morgan fingerprint density at radius 3 is 1.44 bits per heavy atom. The standard InChI is InChI=1S/C32H39Br2N3O4S2/c1-2-3-4-5-6-7-8-9-10-11-12-13-16-37-35-23-21(29-25-27(31(33)42-29)40-19-17-38-25)14-15-22(24(23)36-37)30-26-28(32(34)43-30)41-20-18-39-26/h14-15H,2-13,16-20H2,1H3. The molecule has 5 heterocycles. The average molecular weight is 754 g/mol. The third kappa shape index (κ3) is 7.05. The van der Waals surface area contributed by atoms with E-state index in [1.54, 1.807) is 22.7 Å². The van der Waals surface area contributed by atoms with Crippen molar-refractivity contribution in [2.45, 2.75) is 90.5 Å². The monoisotopic (exact) mass is 751 g/mol. The molecule has 6 rings (SSSR count). The van der Waals surface area contributed by atoms with Crippen LogP contribution < -0.4 is 18.9 Å². The van der Waals surface area contributed by atoms with Crippen LogP contribution in [0.1, 0.15) is 84.0 Å². The van der Waals surface area contributed by atoms with Crippen molar-refractivity contribution in [2.75, 3.05) is 26.4 Å². The number of nitrogens with zero attached hydrogens (tertiary/aromatic N) is 3. The maximum atomic E-state index is 6.09. The van der Waals surface area contributed by atoms with E-state index >= 15 is 0 Å². The largest absolute Gasteiger partial charge is 0.485 e. The lowest BCUT2D eigenvalue weighted by Crippen LogP contribution is -2.14. The Morgan fingerprint density at radius 1 is 0.605 bits per heavy atom. The molecule has 2 aliphatic rings. The first-order valence-electron chi connectivity index (χ1n) is 15.7. The summed E-state index contributed by atoms with van der Waals surface area (Å²) in [4.78, 5) is 3.89. The first-order chi connectivity index (χ1) is 21.2. The van der Waals surface area contributed by atoms with Crippen molar-refractivity contribution in [3.05, 3.63) is 19.7 Å². The normalized spacial score (nSPS) is 14.1. The van der Waals surface area contributed by atoms with Gasteiger partial charge in [-0.3, -0.25) is 0 Å². The SMILES string of the molecule is CCCCCCCCCCCCCCn1nc2c(-c3sc(Br)c4c3OCCO4)ccc(-c3sc(Br)c4c3OCCO4)c2n1. The van der Waals surface area contributed by atoms with Gasteiger partial charge in [-0.2, -0.15) is 15.0 Å². The van der Waals surface area contributed by atoms with Crippen molar-refractivity contribution >= 4 is 65.6 Å². The molecule has 4 aromatic rings. The number of aromatic nitrogens is 3. The van der Waals surface area contributed by atoms with Crippen LogP contribution in [0.4, 0.5) is 0 Å². The highest BCUT2D eigenvalue weighted by molar-refractivity contribution is 9.11. The van der Waals surface area contributed by atoms with Gasteiger partial charge >= 0.3 is 0 Å². The van der Waals surface area contributed by atoms with E-state index in [1.807, 2.05) is 4.80 Å².